The van der Waals surface area contributed by atoms with Crippen LogP contribution < -0.4 is 14.2 Å². The molecule has 0 spiro atoms. The summed E-state index contributed by atoms with van der Waals surface area (Å²) in [5.41, 5.74) is 1.70. The highest BCUT2D eigenvalue weighted by molar-refractivity contribution is 7.99. The van der Waals surface area contributed by atoms with Gasteiger partial charge in [-0.1, -0.05) is 0 Å². The highest BCUT2D eigenvalue weighted by atomic mass is 32.2. The second-order valence-electron chi connectivity index (χ2n) is 6.04. The number of hydrazone groups is 1. The predicted molar refractivity (Wildman–Crippen MR) is 99.1 cm³/mol. The second-order valence-corrected chi connectivity index (χ2v) is 7.19. The van der Waals surface area contributed by atoms with Crippen LogP contribution in [0, 0.1) is 0 Å². The highest BCUT2D eigenvalue weighted by Gasteiger charge is 2.31. The van der Waals surface area contributed by atoms with E-state index >= 15 is 0 Å². The quantitative estimate of drug-likeness (QED) is 0.804. The van der Waals surface area contributed by atoms with E-state index in [9.17, 15) is 4.79 Å². The molecule has 2 aliphatic heterocycles. The Morgan fingerprint density at radius 3 is 2.56 bits per heavy atom. The van der Waals surface area contributed by atoms with E-state index in [1.807, 2.05) is 23.9 Å². The van der Waals surface area contributed by atoms with Crippen molar-refractivity contribution in [3.8, 4) is 17.2 Å². The van der Waals surface area contributed by atoms with Crippen molar-refractivity contribution >= 4 is 23.4 Å². The molecule has 0 aromatic heterocycles. The SMILES string of the molecule is COc1ccc(C2=NN(C3CCCSC3)C(=O)CC2)c(OC)c1OC. The molecule has 6 nitrogen and oxygen atoms in total. The molecule has 0 aliphatic carbocycles. The van der Waals surface area contributed by atoms with Crippen LogP contribution in [0.1, 0.15) is 31.2 Å². The van der Waals surface area contributed by atoms with Crippen LogP contribution >= 0.6 is 11.8 Å². The van der Waals surface area contributed by atoms with E-state index in [1.54, 1.807) is 26.3 Å². The Balaban J connectivity index is 1.98. The maximum absolute atomic E-state index is 12.4. The summed E-state index contributed by atoms with van der Waals surface area (Å²) in [4.78, 5) is 12.4. The van der Waals surface area contributed by atoms with Crippen molar-refractivity contribution in [1.29, 1.82) is 0 Å². The van der Waals surface area contributed by atoms with Gasteiger partial charge in [-0.25, -0.2) is 5.01 Å². The number of carbonyl (C=O) groups excluding carboxylic acids is 1. The summed E-state index contributed by atoms with van der Waals surface area (Å²) in [6.45, 7) is 0. The van der Waals surface area contributed by atoms with E-state index in [1.165, 1.54) is 5.75 Å². The number of nitrogens with zero attached hydrogens (tertiary/aromatic N) is 2. The molecule has 1 aromatic rings. The summed E-state index contributed by atoms with van der Waals surface area (Å²) in [6, 6.07) is 3.95. The Labute approximate surface area is 152 Å². The Hall–Kier alpha value is -1.89. The molecule has 25 heavy (non-hydrogen) atoms. The fourth-order valence-corrected chi connectivity index (χ4v) is 4.41. The van der Waals surface area contributed by atoms with Gasteiger partial charge in [-0.15, -0.1) is 0 Å². The van der Waals surface area contributed by atoms with Crippen molar-refractivity contribution in [2.24, 2.45) is 5.10 Å². The van der Waals surface area contributed by atoms with Crippen LogP contribution in [-0.2, 0) is 4.79 Å². The van der Waals surface area contributed by atoms with Gasteiger partial charge >= 0.3 is 0 Å². The lowest BCUT2D eigenvalue weighted by Gasteiger charge is -2.33. The molecule has 2 heterocycles. The average Bonchev–Trinajstić information content (AvgIpc) is 2.67. The van der Waals surface area contributed by atoms with Crippen LogP contribution in [0.5, 0.6) is 17.2 Å². The van der Waals surface area contributed by atoms with Gasteiger partial charge < -0.3 is 14.2 Å². The number of amides is 1. The van der Waals surface area contributed by atoms with Crippen molar-refractivity contribution in [2.45, 2.75) is 31.7 Å². The molecule has 1 atom stereocenters. The molecule has 1 unspecified atom stereocenters. The number of carbonyl (C=O) groups is 1. The van der Waals surface area contributed by atoms with E-state index in [4.69, 9.17) is 19.3 Å². The molecule has 1 fully saturated rings. The van der Waals surface area contributed by atoms with Gasteiger partial charge in [0.1, 0.15) is 0 Å². The molecule has 1 amide bonds. The van der Waals surface area contributed by atoms with Crippen molar-refractivity contribution in [3.63, 3.8) is 0 Å². The molecule has 136 valence electrons. The summed E-state index contributed by atoms with van der Waals surface area (Å²) in [5.74, 6) is 3.96. The van der Waals surface area contributed by atoms with Crippen LogP contribution in [0.4, 0.5) is 0 Å². The molecular weight excluding hydrogens is 340 g/mol. The van der Waals surface area contributed by atoms with E-state index in [0.717, 1.165) is 29.9 Å². The number of methoxy groups -OCH3 is 3. The van der Waals surface area contributed by atoms with Crippen LogP contribution in [0.15, 0.2) is 17.2 Å². The minimum absolute atomic E-state index is 0.107. The largest absolute Gasteiger partial charge is 0.493 e. The normalized spacial score (nSPS) is 20.9. The number of hydrogen-bond acceptors (Lipinski definition) is 6. The number of hydrogen-bond donors (Lipinski definition) is 0. The Morgan fingerprint density at radius 1 is 1.12 bits per heavy atom. The lowest BCUT2D eigenvalue weighted by atomic mass is 10.0. The van der Waals surface area contributed by atoms with Crippen LogP contribution in [-0.4, -0.2) is 55.5 Å². The fourth-order valence-electron chi connectivity index (χ4n) is 3.29. The van der Waals surface area contributed by atoms with E-state index in [-0.39, 0.29) is 11.9 Å². The number of ether oxygens (including phenoxy) is 3. The lowest BCUT2D eigenvalue weighted by Crippen LogP contribution is -2.42. The zero-order valence-corrected chi connectivity index (χ0v) is 15.7. The van der Waals surface area contributed by atoms with Gasteiger partial charge in [-0.2, -0.15) is 16.9 Å². The summed E-state index contributed by atoms with van der Waals surface area (Å²) in [7, 11) is 4.78. The predicted octanol–water partition coefficient (Wildman–Crippen LogP) is 2.93. The second kappa shape index (κ2) is 7.99. The summed E-state index contributed by atoms with van der Waals surface area (Å²) in [5, 5.41) is 6.40. The molecule has 2 aliphatic rings. The Morgan fingerprint density at radius 2 is 1.92 bits per heavy atom. The average molecular weight is 364 g/mol. The third-order valence-electron chi connectivity index (χ3n) is 4.56. The van der Waals surface area contributed by atoms with E-state index in [2.05, 4.69) is 0 Å². The van der Waals surface area contributed by atoms with Crippen LogP contribution in [0.3, 0.4) is 0 Å². The zero-order valence-electron chi connectivity index (χ0n) is 14.9. The molecular formula is C18H24N2O4S. The molecule has 1 saturated heterocycles. The van der Waals surface area contributed by atoms with Gasteiger partial charge in [0.2, 0.25) is 11.7 Å². The minimum atomic E-state index is 0.107. The summed E-state index contributed by atoms with van der Waals surface area (Å²) in [6.07, 6.45) is 3.21. The van der Waals surface area contributed by atoms with Crippen molar-refractivity contribution in [1.82, 2.24) is 5.01 Å². The van der Waals surface area contributed by atoms with Gasteiger partial charge in [0.15, 0.2) is 11.5 Å². The van der Waals surface area contributed by atoms with Crippen LogP contribution in [0.25, 0.3) is 0 Å². The van der Waals surface area contributed by atoms with E-state index < -0.39 is 0 Å². The first-order valence-corrected chi connectivity index (χ1v) is 9.61. The van der Waals surface area contributed by atoms with E-state index in [0.29, 0.717) is 30.1 Å². The summed E-state index contributed by atoms with van der Waals surface area (Å²) < 4.78 is 16.4. The van der Waals surface area contributed by atoms with Gasteiger partial charge in [0.05, 0.1) is 33.1 Å². The first kappa shape index (κ1) is 17.9. The van der Waals surface area contributed by atoms with Crippen molar-refractivity contribution in [3.05, 3.63) is 17.7 Å². The standard InChI is InChI=1S/C18H24N2O4S/c1-22-15-8-6-13(17(23-2)18(15)24-3)14-7-9-16(21)20(19-14)12-5-4-10-25-11-12/h6,8,12H,4-5,7,9-11H2,1-3H3. The Kier molecular flexibility index (Phi) is 5.73. The first-order chi connectivity index (χ1) is 12.2. The maximum Gasteiger partial charge on any atom is 0.243 e. The Bertz CT molecular complexity index is 671. The van der Waals surface area contributed by atoms with Crippen molar-refractivity contribution < 1.29 is 19.0 Å². The van der Waals surface area contributed by atoms with Crippen molar-refractivity contribution in [2.75, 3.05) is 32.8 Å². The molecule has 0 saturated carbocycles. The lowest BCUT2D eigenvalue weighted by molar-refractivity contribution is -0.133. The molecule has 0 bridgehead atoms. The minimum Gasteiger partial charge on any atom is -0.493 e. The maximum atomic E-state index is 12.4. The van der Waals surface area contributed by atoms with Gasteiger partial charge in [-0.3, -0.25) is 4.79 Å². The summed E-state index contributed by atoms with van der Waals surface area (Å²) >= 11 is 1.89. The molecule has 0 radical (unpaired) electrons. The third-order valence-corrected chi connectivity index (χ3v) is 5.75. The topological polar surface area (TPSA) is 60.4 Å². The first-order valence-electron chi connectivity index (χ1n) is 8.46. The van der Waals surface area contributed by atoms with Gasteiger partial charge in [0.25, 0.3) is 0 Å². The highest BCUT2D eigenvalue weighted by Crippen LogP contribution is 2.41. The number of rotatable bonds is 5. The molecule has 7 heteroatoms. The molecule has 1 aromatic carbocycles. The fraction of sp³-hybridized carbons (Fsp3) is 0.556. The van der Waals surface area contributed by atoms with Gasteiger partial charge in [-0.05, 0) is 30.7 Å². The number of thioether (sulfide) groups is 1. The smallest absolute Gasteiger partial charge is 0.243 e. The van der Waals surface area contributed by atoms with Gasteiger partial charge in [0, 0.05) is 24.2 Å². The third kappa shape index (κ3) is 3.56. The van der Waals surface area contributed by atoms with Crippen LogP contribution in [0.2, 0.25) is 0 Å². The zero-order chi connectivity index (χ0) is 17.8. The molecule has 0 N–H and O–H groups in total. The molecule has 3 rings (SSSR count). The number of benzene rings is 1. The monoisotopic (exact) mass is 364 g/mol.